The first-order valence-electron chi connectivity index (χ1n) is 7.53. The molecule has 1 saturated carbocycles. The maximum Gasteiger partial charge on any atom is 0.335 e. The van der Waals surface area contributed by atoms with Crippen LogP contribution in [-0.4, -0.2) is 69.1 Å². The first-order chi connectivity index (χ1) is 11.4. The molecule has 1 fully saturated rings. The van der Waals surface area contributed by atoms with Gasteiger partial charge in [-0.15, -0.1) is 0 Å². The van der Waals surface area contributed by atoms with E-state index in [2.05, 4.69) is 4.74 Å². The molecule has 0 unspecified atom stereocenters. The van der Waals surface area contributed by atoms with Gasteiger partial charge in [-0.2, -0.15) is 0 Å². The minimum Gasteiger partial charge on any atom is -0.479 e. The Morgan fingerprint density at radius 1 is 1.16 bits per heavy atom. The van der Waals surface area contributed by atoms with Crippen LogP contribution in [0.2, 0.25) is 0 Å². The summed E-state index contributed by atoms with van der Waals surface area (Å²) in [4.78, 5) is 30.6. The van der Waals surface area contributed by atoms with E-state index in [-0.39, 0.29) is 18.9 Å². The fourth-order valence-electron chi connectivity index (χ4n) is 1.75. The number of carboxylic acids is 2. The fraction of sp³-hybridized carbons (Fsp3) is 0.786. The molecule has 0 heterocycles. The number of carboxylic acid groups (broad SMARTS) is 2. The van der Waals surface area contributed by atoms with Gasteiger partial charge in [-0.05, 0) is 25.7 Å². The van der Waals surface area contributed by atoms with Crippen molar-refractivity contribution < 1.29 is 48.3 Å². The molecule has 0 saturated heterocycles. The normalized spacial score (nSPS) is 17.5. The van der Waals surface area contributed by atoms with Crippen molar-refractivity contribution in [3.8, 4) is 0 Å². The van der Waals surface area contributed by atoms with E-state index in [1.807, 2.05) is 0 Å². The minimum atomic E-state index is -2.84. The molecule has 0 aromatic heterocycles. The van der Waals surface area contributed by atoms with Crippen molar-refractivity contribution in [2.24, 2.45) is 11.7 Å². The predicted molar refractivity (Wildman–Crippen MR) is 78.8 cm³/mol. The number of hydrogen-bond acceptors (Lipinski definition) is 7. The molecule has 0 aliphatic heterocycles. The molecule has 1 aliphatic carbocycles. The monoisotopic (exact) mass is 371 g/mol. The number of halogens is 2. The number of esters is 1. The SMILES string of the molecule is CCOC(=O)[C@@H](N)CC(F)(F)CC1CC1.O=C(O)[C@H](O)[C@@H](O)C(=O)O. The highest BCUT2D eigenvalue weighted by Gasteiger charge is 2.40. The first-order valence-corrected chi connectivity index (χ1v) is 7.53. The summed E-state index contributed by atoms with van der Waals surface area (Å²) in [6.45, 7) is 1.79. The highest BCUT2D eigenvalue weighted by molar-refractivity contribution is 5.83. The van der Waals surface area contributed by atoms with Crippen molar-refractivity contribution in [1.29, 1.82) is 0 Å². The van der Waals surface area contributed by atoms with Gasteiger partial charge >= 0.3 is 17.9 Å². The van der Waals surface area contributed by atoms with Gasteiger partial charge in [0.05, 0.1) is 6.61 Å². The number of carbonyl (C=O) groups is 3. The lowest BCUT2D eigenvalue weighted by Gasteiger charge is -2.19. The van der Waals surface area contributed by atoms with E-state index < -0.39 is 48.5 Å². The van der Waals surface area contributed by atoms with E-state index in [1.165, 1.54) is 0 Å². The van der Waals surface area contributed by atoms with Crippen molar-refractivity contribution in [3.63, 3.8) is 0 Å². The first kappa shape index (κ1) is 23.1. The molecule has 0 spiro atoms. The molecule has 0 aromatic rings. The maximum absolute atomic E-state index is 13.3. The number of hydrogen-bond donors (Lipinski definition) is 5. The van der Waals surface area contributed by atoms with E-state index in [0.717, 1.165) is 12.8 Å². The zero-order chi connectivity index (χ0) is 19.8. The van der Waals surface area contributed by atoms with E-state index >= 15 is 0 Å². The second-order valence-electron chi connectivity index (χ2n) is 5.63. The van der Waals surface area contributed by atoms with Crippen LogP contribution in [0.25, 0.3) is 0 Å². The number of aliphatic hydroxyl groups excluding tert-OH is 2. The number of ether oxygens (including phenoxy) is 1. The van der Waals surface area contributed by atoms with Crippen LogP contribution in [0.3, 0.4) is 0 Å². The topological polar surface area (TPSA) is 167 Å². The summed E-state index contributed by atoms with van der Waals surface area (Å²) in [5, 5.41) is 32.5. The van der Waals surface area contributed by atoms with Gasteiger partial charge in [0, 0.05) is 12.8 Å². The van der Waals surface area contributed by atoms with Gasteiger partial charge in [-0.3, -0.25) is 4.79 Å². The number of carbonyl (C=O) groups excluding carboxylic acids is 1. The number of alkyl halides is 2. The quantitative estimate of drug-likeness (QED) is 0.338. The average molecular weight is 371 g/mol. The lowest BCUT2D eigenvalue weighted by molar-refractivity contribution is -0.165. The molecule has 11 heteroatoms. The van der Waals surface area contributed by atoms with Crippen LogP contribution in [-0.2, 0) is 19.1 Å². The Morgan fingerprint density at radius 2 is 1.60 bits per heavy atom. The van der Waals surface area contributed by atoms with E-state index in [1.54, 1.807) is 6.92 Å². The minimum absolute atomic E-state index is 0.120. The van der Waals surface area contributed by atoms with Gasteiger partial charge in [-0.1, -0.05) is 0 Å². The Balaban J connectivity index is 0.000000504. The lowest BCUT2D eigenvalue weighted by Crippen LogP contribution is -2.39. The summed E-state index contributed by atoms with van der Waals surface area (Å²) in [6, 6.07) is -1.21. The third-order valence-electron chi connectivity index (χ3n) is 3.20. The summed E-state index contributed by atoms with van der Waals surface area (Å²) in [7, 11) is 0. The molecule has 0 bridgehead atoms. The van der Waals surface area contributed by atoms with Crippen LogP contribution in [0, 0.1) is 5.92 Å². The summed E-state index contributed by atoms with van der Waals surface area (Å²) < 4.78 is 31.1. The largest absolute Gasteiger partial charge is 0.479 e. The van der Waals surface area contributed by atoms with Crippen LogP contribution < -0.4 is 5.73 Å². The van der Waals surface area contributed by atoms with E-state index in [4.69, 9.17) is 26.2 Å². The summed E-state index contributed by atoms with van der Waals surface area (Å²) >= 11 is 0. The van der Waals surface area contributed by atoms with Crippen LogP contribution in [0.15, 0.2) is 0 Å². The fourth-order valence-corrected chi connectivity index (χ4v) is 1.75. The molecule has 1 aliphatic rings. The Kier molecular flexibility index (Phi) is 9.46. The Bertz CT molecular complexity index is 452. The lowest BCUT2D eigenvalue weighted by atomic mass is 10.0. The maximum atomic E-state index is 13.3. The zero-order valence-electron chi connectivity index (χ0n) is 13.6. The summed E-state index contributed by atoms with van der Waals surface area (Å²) in [5.41, 5.74) is 5.33. The Labute approximate surface area is 142 Å². The molecule has 3 atom stereocenters. The third kappa shape index (κ3) is 9.89. The highest BCUT2D eigenvalue weighted by atomic mass is 19.3. The average Bonchev–Trinajstić information content (AvgIpc) is 3.28. The van der Waals surface area contributed by atoms with Crippen LogP contribution in [0.5, 0.6) is 0 Å². The number of nitrogens with two attached hydrogens (primary N) is 1. The van der Waals surface area contributed by atoms with Gasteiger partial charge < -0.3 is 30.9 Å². The van der Waals surface area contributed by atoms with Crippen LogP contribution in [0.1, 0.15) is 32.6 Å². The van der Waals surface area contributed by atoms with Crippen molar-refractivity contribution in [2.75, 3.05) is 6.61 Å². The molecule has 146 valence electrons. The number of aliphatic carboxylic acids is 2. The van der Waals surface area contributed by atoms with Crippen molar-refractivity contribution in [1.82, 2.24) is 0 Å². The zero-order valence-corrected chi connectivity index (χ0v) is 13.6. The van der Waals surface area contributed by atoms with Crippen molar-refractivity contribution in [2.45, 2.75) is 56.8 Å². The van der Waals surface area contributed by atoms with Gasteiger partial charge in [0.1, 0.15) is 6.04 Å². The molecule has 25 heavy (non-hydrogen) atoms. The molecule has 6 N–H and O–H groups in total. The molecular weight excluding hydrogens is 348 g/mol. The molecular formula is C14H23F2NO8. The molecule has 1 rings (SSSR count). The van der Waals surface area contributed by atoms with Crippen LogP contribution in [0.4, 0.5) is 8.78 Å². The van der Waals surface area contributed by atoms with Gasteiger partial charge in [-0.25, -0.2) is 18.4 Å². The standard InChI is InChI=1S/C10H17F2NO2.C4H6O6/c1-2-15-9(14)8(13)6-10(11,12)5-7-3-4-7;5-1(3(7)8)2(6)4(9)10/h7-8H,2-6,13H2,1H3;1-2,5-6H,(H,7,8)(H,9,10)/t8-;1-,2-/m01/s1. The number of aliphatic hydroxyl groups is 2. The van der Waals surface area contributed by atoms with E-state index in [0.29, 0.717) is 0 Å². The van der Waals surface area contributed by atoms with Gasteiger partial charge in [0.2, 0.25) is 0 Å². The Morgan fingerprint density at radius 3 is 1.92 bits per heavy atom. The second kappa shape index (κ2) is 10.2. The molecule has 9 nitrogen and oxygen atoms in total. The molecule has 0 aromatic carbocycles. The number of rotatable bonds is 9. The van der Waals surface area contributed by atoms with Crippen LogP contribution >= 0.6 is 0 Å². The van der Waals surface area contributed by atoms with Gasteiger partial charge in [0.15, 0.2) is 12.2 Å². The summed E-state index contributed by atoms with van der Waals surface area (Å²) in [6.07, 6.45) is -3.56. The third-order valence-corrected chi connectivity index (χ3v) is 3.20. The predicted octanol–water partition coefficient (Wildman–Crippen LogP) is -0.420. The van der Waals surface area contributed by atoms with Crippen molar-refractivity contribution >= 4 is 17.9 Å². The van der Waals surface area contributed by atoms with Crippen molar-refractivity contribution in [3.05, 3.63) is 0 Å². The highest BCUT2D eigenvalue weighted by Crippen LogP contribution is 2.40. The summed E-state index contributed by atoms with van der Waals surface area (Å²) in [5.74, 6) is -7.00. The van der Waals surface area contributed by atoms with E-state index in [9.17, 15) is 23.2 Å². The smallest absolute Gasteiger partial charge is 0.335 e. The van der Waals surface area contributed by atoms with Gasteiger partial charge in [0.25, 0.3) is 5.92 Å². The second-order valence-corrected chi connectivity index (χ2v) is 5.63. The Hall–Kier alpha value is -1.85. The molecule has 0 amide bonds. The molecule has 0 radical (unpaired) electrons.